The number of hydrogen-bond acceptors (Lipinski definition) is 13. The highest BCUT2D eigenvalue weighted by Crippen LogP contribution is 2.38. The largest absolute Gasteiger partial charge is 0.477 e. The summed E-state index contributed by atoms with van der Waals surface area (Å²) in [7, 11) is 5.41. The van der Waals surface area contributed by atoms with E-state index in [2.05, 4.69) is 19.9 Å². The number of rotatable bonds is 10. The van der Waals surface area contributed by atoms with Gasteiger partial charge in [0.2, 0.25) is 0 Å². The Balaban J connectivity index is 1.90. The lowest BCUT2D eigenvalue weighted by Gasteiger charge is -2.19. The Kier molecular flexibility index (Phi) is 7.56. The number of nitrogens with zero attached hydrogens (tertiary/aromatic N) is 6. The summed E-state index contributed by atoms with van der Waals surface area (Å²) in [5, 5.41) is 23.4. The number of benzene rings is 2. The second-order valence-corrected chi connectivity index (χ2v) is 8.65. The molecule has 2 atom stereocenters. The van der Waals surface area contributed by atoms with Crippen LogP contribution < -0.4 is 18.9 Å². The Morgan fingerprint density at radius 2 is 0.975 bits per heavy atom. The predicted octanol–water partition coefficient (Wildman–Crippen LogP) is 3.90. The summed E-state index contributed by atoms with van der Waals surface area (Å²) in [5.41, 5.74) is 0.469. The summed E-state index contributed by atoms with van der Waals surface area (Å²) in [6.07, 6.45) is 0. The summed E-state index contributed by atoms with van der Waals surface area (Å²) >= 11 is 0. The van der Waals surface area contributed by atoms with Gasteiger partial charge in [-0.25, -0.2) is 19.9 Å². The van der Waals surface area contributed by atoms with E-state index in [1.807, 2.05) is 0 Å². The first-order chi connectivity index (χ1) is 19.0. The Morgan fingerprint density at radius 3 is 1.27 bits per heavy atom. The van der Waals surface area contributed by atoms with Crippen LogP contribution in [0.4, 0.5) is 11.4 Å². The number of carbonyl (C=O) groups excluding carboxylic acids is 1. The van der Waals surface area contributed by atoms with Crippen LogP contribution >= 0.6 is 0 Å². The van der Waals surface area contributed by atoms with Gasteiger partial charge in [-0.2, -0.15) is 0 Å². The van der Waals surface area contributed by atoms with E-state index < -0.39 is 27.5 Å². The highest BCUT2D eigenvalue weighted by Gasteiger charge is 2.31. The first kappa shape index (κ1) is 27.8. The standard InChI is InChI=1S/C25H24N6O9/c1-11(15-7-13(30(33)34)9-17-19(15)28-24(39-5)22(26-17)37-3)21(32)12(2)16-8-14(31(35)36)10-18-20(16)29-25(40-6)23(27-18)38-4/h7-12H,1-6H3. The molecule has 4 rings (SSSR count). The molecular formula is C25H24N6O9. The fraction of sp³-hybridized carbons (Fsp3) is 0.320. The van der Waals surface area contributed by atoms with Crippen LogP contribution in [0.15, 0.2) is 24.3 Å². The van der Waals surface area contributed by atoms with Gasteiger partial charge in [-0.3, -0.25) is 25.0 Å². The second kappa shape index (κ2) is 10.9. The van der Waals surface area contributed by atoms with Crippen molar-refractivity contribution < 1.29 is 33.6 Å². The van der Waals surface area contributed by atoms with Crippen LogP contribution in [0.2, 0.25) is 0 Å². The van der Waals surface area contributed by atoms with Crippen molar-refractivity contribution in [3.8, 4) is 23.5 Å². The Labute approximate surface area is 226 Å². The molecular weight excluding hydrogens is 528 g/mol. The molecule has 2 aromatic heterocycles. The fourth-order valence-corrected chi connectivity index (χ4v) is 4.36. The van der Waals surface area contributed by atoms with Crippen LogP contribution in [-0.2, 0) is 4.79 Å². The Morgan fingerprint density at radius 1 is 0.650 bits per heavy atom. The third-order valence-electron chi connectivity index (χ3n) is 6.43. The SMILES string of the molecule is COc1nc2cc([N+](=O)[O-])cc(C(C)C(=O)C(C)c3cc([N+](=O)[O-])cc4nc(OC)c(OC)nc34)c2nc1OC. The van der Waals surface area contributed by atoms with Gasteiger partial charge in [-0.05, 0) is 11.1 Å². The van der Waals surface area contributed by atoms with E-state index in [9.17, 15) is 25.0 Å². The van der Waals surface area contributed by atoms with Gasteiger partial charge in [-0.1, -0.05) is 13.8 Å². The molecule has 0 aliphatic rings. The molecule has 2 aromatic carbocycles. The molecule has 40 heavy (non-hydrogen) atoms. The van der Waals surface area contributed by atoms with Crippen molar-refractivity contribution in [2.45, 2.75) is 25.7 Å². The lowest BCUT2D eigenvalue weighted by Crippen LogP contribution is -2.18. The molecule has 0 spiro atoms. The van der Waals surface area contributed by atoms with Crippen molar-refractivity contribution >= 4 is 39.2 Å². The number of non-ortho nitro benzene ring substituents is 2. The van der Waals surface area contributed by atoms with E-state index in [0.29, 0.717) is 0 Å². The first-order valence-corrected chi connectivity index (χ1v) is 11.7. The molecule has 0 saturated heterocycles. The fourth-order valence-electron chi connectivity index (χ4n) is 4.36. The van der Waals surface area contributed by atoms with Crippen molar-refractivity contribution in [3.63, 3.8) is 0 Å². The van der Waals surface area contributed by atoms with Gasteiger partial charge in [0.05, 0.1) is 49.3 Å². The number of ether oxygens (including phenoxy) is 4. The van der Waals surface area contributed by atoms with Gasteiger partial charge in [0.25, 0.3) is 34.9 Å². The minimum absolute atomic E-state index is 0.0137. The third-order valence-corrected chi connectivity index (χ3v) is 6.43. The van der Waals surface area contributed by atoms with Crippen LogP contribution in [-0.4, -0.2) is 64.0 Å². The maximum Gasteiger partial charge on any atom is 0.278 e. The predicted molar refractivity (Wildman–Crippen MR) is 140 cm³/mol. The average Bonchev–Trinajstić information content (AvgIpc) is 2.96. The quantitative estimate of drug-likeness (QED) is 0.203. The maximum absolute atomic E-state index is 13.9. The average molecular weight is 553 g/mol. The minimum atomic E-state index is -0.966. The summed E-state index contributed by atoms with van der Waals surface area (Å²) < 4.78 is 20.8. The summed E-state index contributed by atoms with van der Waals surface area (Å²) in [4.78, 5) is 53.4. The van der Waals surface area contributed by atoms with E-state index in [4.69, 9.17) is 18.9 Å². The van der Waals surface area contributed by atoms with E-state index >= 15 is 0 Å². The normalized spacial score (nSPS) is 12.6. The van der Waals surface area contributed by atoms with Crippen molar-refractivity contribution in [1.82, 2.24) is 19.9 Å². The van der Waals surface area contributed by atoms with Crippen molar-refractivity contribution in [3.05, 3.63) is 55.6 Å². The number of aromatic nitrogens is 4. The monoisotopic (exact) mass is 552 g/mol. The van der Waals surface area contributed by atoms with E-state index in [-0.39, 0.29) is 68.1 Å². The van der Waals surface area contributed by atoms with Gasteiger partial charge in [0.15, 0.2) is 0 Å². The molecule has 15 heteroatoms. The van der Waals surface area contributed by atoms with E-state index in [1.54, 1.807) is 13.8 Å². The highest BCUT2D eigenvalue weighted by atomic mass is 16.6. The molecule has 0 fully saturated rings. The number of nitro groups is 2. The summed E-state index contributed by atoms with van der Waals surface area (Å²) in [5.74, 6) is -2.27. The topological polar surface area (TPSA) is 192 Å². The number of carbonyl (C=O) groups is 1. The summed E-state index contributed by atoms with van der Waals surface area (Å²) in [6.45, 7) is 3.12. The molecule has 0 bridgehead atoms. The lowest BCUT2D eigenvalue weighted by atomic mass is 9.84. The van der Waals surface area contributed by atoms with Gasteiger partial charge < -0.3 is 18.9 Å². The molecule has 15 nitrogen and oxygen atoms in total. The molecule has 2 unspecified atom stereocenters. The molecule has 0 saturated carbocycles. The van der Waals surface area contributed by atoms with Crippen molar-refractivity contribution in [2.24, 2.45) is 0 Å². The van der Waals surface area contributed by atoms with Crippen LogP contribution in [0.3, 0.4) is 0 Å². The molecule has 0 aliphatic heterocycles. The first-order valence-electron chi connectivity index (χ1n) is 11.7. The van der Waals surface area contributed by atoms with Gasteiger partial charge in [0, 0.05) is 36.1 Å². The zero-order chi connectivity index (χ0) is 29.3. The van der Waals surface area contributed by atoms with E-state index in [0.717, 1.165) is 0 Å². The number of nitro benzene ring substituents is 2. The van der Waals surface area contributed by atoms with E-state index in [1.165, 1.54) is 52.7 Å². The molecule has 4 aromatic rings. The van der Waals surface area contributed by atoms with Gasteiger partial charge in [-0.15, -0.1) is 0 Å². The van der Waals surface area contributed by atoms with Crippen LogP contribution in [0.1, 0.15) is 36.8 Å². The molecule has 0 N–H and O–H groups in total. The zero-order valence-corrected chi connectivity index (χ0v) is 22.3. The molecule has 0 aliphatic carbocycles. The lowest BCUT2D eigenvalue weighted by molar-refractivity contribution is -0.384. The Bertz CT molecular complexity index is 1560. The number of methoxy groups -OCH3 is 4. The number of fused-ring (bicyclic) bond motifs is 2. The highest BCUT2D eigenvalue weighted by molar-refractivity contribution is 5.98. The molecule has 0 radical (unpaired) electrons. The van der Waals surface area contributed by atoms with Crippen molar-refractivity contribution in [1.29, 1.82) is 0 Å². The maximum atomic E-state index is 13.9. The zero-order valence-electron chi connectivity index (χ0n) is 22.3. The number of hydrogen-bond donors (Lipinski definition) is 0. The molecule has 208 valence electrons. The van der Waals surface area contributed by atoms with Crippen molar-refractivity contribution in [2.75, 3.05) is 28.4 Å². The second-order valence-electron chi connectivity index (χ2n) is 8.65. The third kappa shape index (κ3) is 4.83. The number of ketones is 1. The Hall–Kier alpha value is -5.21. The van der Waals surface area contributed by atoms with Gasteiger partial charge in [0.1, 0.15) is 16.8 Å². The number of Topliss-reactive ketones (excluding diaryl/α,β-unsaturated/α-hetero) is 1. The molecule has 2 heterocycles. The van der Waals surface area contributed by atoms with Gasteiger partial charge >= 0.3 is 0 Å². The van der Waals surface area contributed by atoms with Crippen LogP contribution in [0.25, 0.3) is 22.1 Å². The summed E-state index contributed by atoms with van der Waals surface area (Å²) in [6, 6.07) is 4.93. The smallest absolute Gasteiger partial charge is 0.278 e. The van der Waals surface area contributed by atoms with Crippen LogP contribution in [0, 0.1) is 20.2 Å². The minimum Gasteiger partial charge on any atom is -0.477 e. The van der Waals surface area contributed by atoms with Crippen LogP contribution in [0.5, 0.6) is 23.5 Å². The molecule has 0 amide bonds.